The highest BCUT2D eigenvalue weighted by Crippen LogP contribution is 2.28. The first-order valence-electron chi connectivity index (χ1n) is 8.82. The normalized spacial score (nSPS) is 14.7. The highest BCUT2D eigenvalue weighted by atomic mass is 16.2. The van der Waals surface area contributed by atoms with Crippen molar-refractivity contribution in [3.63, 3.8) is 0 Å². The molecule has 0 unspecified atom stereocenters. The van der Waals surface area contributed by atoms with Gasteiger partial charge in [-0.25, -0.2) is 0 Å². The standard InChI is InChI=1S/C21H21N3O2/c1-13(2)19(24-12-14-6-3-4-7-15(14)21(24)26)20(25)23-18-9-5-8-17-16(18)10-11-22-17/h3-11,13,19,22H,12H2,1-2H3,(H,23,25)/t19-/m0/s1. The summed E-state index contributed by atoms with van der Waals surface area (Å²) >= 11 is 0. The molecule has 0 aliphatic carbocycles. The van der Waals surface area contributed by atoms with Gasteiger partial charge in [0.2, 0.25) is 5.91 Å². The number of nitrogens with one attached hydrogen (secondary N) is 2. The summed E-state index contributed by atoms with van der Waals surface area (Å²) in [5.74, 6) is -0.233. The Morgan fingerprint density at radius 1 is 1.12 bits per heavy atom. The summed E-state index contributed by atoms with van der Waals surface area (Å²) in [5, 5.41) is 3.98. The van der Waals surface area contributed by atoms with E-state index in [9.17, 15) is 9.59 Å². The van der Waals surface area contributed by atoms with Gasteiger partial charge in [0.15, 0.2) is 0 Å². The summed E-state index contributed by atoms with van der Waals surface area (Å²) < 4.78 is 0. The number of rotatable bonds is 4. The van der Waals surface area contributed by atoms with Crippen LogP contribution in [0, 0.1) is 5.92 Å². The lowest BCUT2D eigenvalue weighted by molar-refractivity contribution is -0.122. The molecule has 0 fully saturated rings. The molecule has 26 heavy (non-hydrogen) atoms. The second-order valence-electron chi connectivity index (χ2n) is 7.01. The van der Waals surface area contributed by atoms with Crippen LogP contribution in [0.2, 0.25) is 0 Å². The topological polar surface area (TPSA) is 65.2 Å². The number of nitrogens with zero attached hydrogens (tertiary/aromatic N) is 1. The predicted octanol–water partition coefficient (Wildman–Crippen LogP) is 3.79. The second kappa shape index (κ2) is 6.33. The van der Waals surface area contributed by atoms with Crippen molar-refractivity contribution in [2.24, 2.45) is 5.92 Å². The van der Waals surface area contributed by atoms with Crippen LogP contribution in [0.4, 0.5) is 5.69 Å². The third kappa shape index (κ3) is 2.65. The molecule has 3 aromatic rings. The fraction of sp³-hybridized carbons (Fsp3) is 0.238. The quantitative estimate of drug-likeness (QED) is 0.754. The zero-order valence-electron chi connectivity index (χ0n) is 14.8. The summed E-state index contributed by atoms with van der Waals surface area (Å²) in [4.78, 5) is 30.7. The lowest BCUT2D eigenvalue weighted by atomic mass is 10.0. The first-order valence-corrected chi connectivity index (χ1v) is 8.82. The Kier molecular flexibility index (Phi) is 3.99. The Morgan fingerprint density at radius 3 is 2.69 bits per heavy atom. The largest absolute Gasteiger partial charge is 0.361 e. The molecular formula is C21H21N3O2. The van der Waals surface area contributed by atoms with Gasteiger partial charge in [0.05, 0.1) is 5.69 Å². The first kappa shape index (κ1) is 16.4. The van der Waals surface area contributed by atoms with Crippen LogP contribution >= 0.6 is 0 Å². The molecule has 0 radical (unpaired) electrons. The lowest BCUT2D eigenvalue weighted by Gasteiger charge is -2.30. The maximum atomic E-state index is 13.1. The number of hydrogen-bond acceptors (Lipinski definition) is 2. The van der Waals surface area contributed by atoms with Crippen LogP contribution < -0.4 is 5.32 Å². The van der Waals surface area contributed by atoms with Gasteiger partial charge in [-0.3, -0.25) is 9.59 Å². The Hall–Kier alpha value is -3.08. The van der Waals surface area contributed by atoms with E-state index in [1.54, 1.807) is 4.90 Å². The van der Waals surface area contributed by atoms with Crippen LogP contribution in [-0.4, -0.2) is 27.7 Å². The van der Waals surface area contributed by atoms with E-state index in [0.717, 1.165) is 22.2 Å². The van der Waals surface area contributed by atoms with E-state index in [0.29, 0.717) is 12.1 Å². The van der Waals surface area contributed by atoms with Crippen molar-refractivity contribution in [3.05, 3.63) is 65.9 Å². The molecule has 2 aromatic carbocycles. The second-order valence-corrected chi connectivity index (χ2v) is 7.01. The fourth-order valence-corrected chi connectivity index (χ4v) is 3.71. The minimum Gasteiger partial charge on any atom is -0.361 e. The van der Waals surface area contributed by atoms with E-state index in [1.165, 1.54) is 0 Å². The number of aromatic amines is 1. The summed E-state index contributed by atoms with van der Waals surface area (Å²) in [5.41, 5.74) is 3.39. The zero-order chi connectivity index (χ0) is 18.3. The van der Waals surface area contributed by atoms with E-state index in [1.807, 2.05) is 68.6 Å². The molecule has 2 heterocycles. The molecule has 1 atom stereocenters. The van der Waals surface area contributed by atoms with E-state index in [-0.39, 0.29) is 17.7 Å². The van der Waals surface area contributed by atoms with Gasteiger partial charge in [-0.05, 0) is 35.7 Å². The minimum absolute atomic E-state index is 0.00121. The highest BCUT2D eigenvalue weighted by molar-refractivity contribution is 6.06. The molecule has 2 N–H and O–H groups in total. The van der Waals surface area contributed by atoms with E-state index in [2.05, 4.69) is 10.3 Å². The molecule has 132 valence electrons. The fourth-order valence-electron chi connectivity index (χ4n) is 3.71. The van der Waals surface area contributed by atoms with Crippen molar-refractivity contribution in [3.8, 4) is 0 Å². The summed E-state index contributed by atoms with van der Waals surface area (Å²) in [7, 11) is 0. The number of H-pyrrole nitrogens is 1. The van der Waals surface area contributed by atoms with Crippen molar-refractivity contribution in [1.29, 1.82) is 0 Å². The molecular weight excluding hydrogens is 326 g/mol. The molecule has 0 saturated carbocycles. The minimum atomic E-state index is -0.524. The van der Waals surface area contributed by atoms with E-state index in [4.69, 9.17) is 0 Å². The molecule has 0 bridgehead atoms. The van der Waals surface area contributed by atoms with E-state index >= 15 is 0 Å². The number of aromatic nitrogens is 1. The van der Waals surface area contributed by atoms with Crippen LogP contribution in [-0.2, 0) is 11.3 Å². The summed E-state index contributed by atoms with van der Waals surface area (Å²) in [6.45, 7) is 4.41. The number of carbonyl (C=O) groups is 2. The molecule has 1 aliphatic rings. The summed E-state index contributed by atoms with van der Waals surface area (Å²) in [6, 6.07) is 14.7. The van der Waals surface area contributed by atoms with Gasteiger partial charge in [-0.1, -0.05) is 38.1 Å². The Labute approximate surface area is 152 Å². The average Bonchev–Trinajstić information content (AvgIpc) is 3.21. The van der Waals surface area contributed by atoms with Gasteiger partial charge >= 0.3 is 0 Å². The Morgan fingerprint density at radius 2 is 1.92 bits per heavy atom. The molecule has 4 rings (SSSR count). The number of benzene rings is 2. The maximum absolute atomic E-state index is 13.1. The molecule has 5 nitrogen and oxygen atoms in total. The maximum Gasteiger partial charge on any atom is 0.255 e. The number of fused-ring (bicyclic) bond motifs is 2. The molecule has 1 aliphatic heterocycles. The average molecular weight is 347 g/mol. The smallest absolute Gasteiger partial charge is 0.255 e. The predicted molar refractivity (Wildman–Crippen MR) is 102 cm³/mol. The molecule has 0 spiro atoms. The number of hydrogen-bond donors (Lipinski definition) is 2. The van der Waals surface area contributed by atoms with Crippen molar-refractivity contribution in [2.45, 2.75) is 26.4 Å². The summed E-state index contributed by atoms with van der Waals surface area (Å²) in [6.07, 6.45) is 1.85. The van der Waals surface area contributed by atoms with Gasteiger partial charge in [0.1, 0.15) is 6.04 Å². The van der Waals surface area contributed by atoms with Gasteiger partial charge in [0, 0.05) is 29.2 Å². The van der Waals surface area contributed by atoms with Crippen LogP contribution in [0.3, 0.4) is 0 Å². The van der Waals surface area contributed by atoms with Crippen LogP contribution in [0.25, 0.3) is 10.9 Å². The van der Waals surface area contributed by atoms with Crippen molar-refractivity contribution < 1.29 is 9.59 Å². The van der Waals surface area contributed by atoms with E-state index < -0.39 is 6.04 Å². The number of amides is 2. The van der Waals surface area contributed by atoms with Gasteiger partial charge in [-0.2, -0.15) is 0 Å². The Bertz CT molecular complexity index is 990. The third-order valence-electron chi connectivity index (χ3n) is 4.94. The van der Waals surface area contributed by atoms with Crippen LogP contribution in [0.1, 0.15) is 29.8 Å². The highest BCUT2D eigenvalue weighted by Gasteiger charge is 2.37. The lowest BCUT2D eigenvalue weighted by Crippen LogP contribution is -2.47. The SMILES string of the molecule is CC(C)[C@@H](C(=O)Nc1cccc2[nH]ccc12)N1Cc2ccccc2C1=O. The zero-order valence-corrected chi connectivity index (χ0v) is 14.8. The molecule has 5 heteroatoms. The van der Waals surface area contributed by atoms with Crippen molar-refractivity contribution in [1.82, 2.24) is 9.88 Å². The molecule has 1 aromatic heterocycles. The van der Waals surface area contributed by atoms with Crippen molar-refractivity contribution in [2.75, 3.05) is 5.32 Å². The monoisotopic (exact) mass is 347 g/mol. The Balaban J connectivity index is 1.62. The van der Waals surface area contributed by atoms with Gasteiger partial charge in [0.25, 0.3) is 5.91 Å². The first-order chi connectivity index (χ1) is 12.6. The number of anilines is 1. The van der Waals surface area contributed by atoms with Gasteiger partial charge < -0.3 is 15.2 Å². The van der Waals surface area contributed by atoms with Gasteiger partial charge in [-0.15, -0.1) is 0 Å². The van der Waals surface area contributed by atoms with Crippen LogP contribution in [0.5, 0.6) is 0 Å². The van der Waals surface area contributed by atoms with Crippen LogP contribution in [0.15, 0.2) is 54.7 Å². The molecule has 0 saturated heterocycles. The number of carbonyl (C=O) groups excluding carboxylic acids is 2. The van der Waals surface area contributed by atoms with Crippen molar-refractivity contribution >= 4 is 28.4 Å². The third-order valence-corrected chi connectivity index (χ3v) is 4.94. The molecule has 2 amide bonds.